The number of carbonyl (C=O) groups excluding carboxylic acids is 1. The summed E-state index contributed by atoms with van der Waals surface area (Å²) in [4.78, 5) is 13.7. The SMILES string of the molecule is C[Si](C)(C)CC1=CCN(Cc2ccccc2)C(=O)O1. The van der Waals surface area contributed by atoms with Crippen LogP contribution in [0.2, 0.25) is 25.7 Å². The molecule has 102 valence electrons. The number of nitrogens with zero attached hydrogens (tertiary/aromatic N) is 1. The van der Waals surface area contributed by atoms with E-state index in [4.69, 9.17) is 4.74 Å². The van der Waals surface area contributed by atoms with Crippen LogP contribution in [0.15, 0.2) is 42.2 Å². The number of hydrogen-bond donors (Lipinski definition) is 0. The van der Waals surface area contributed by atoms with E-state index < -0.39 is 8.07 Å². The van der Waals surface area contributed by atoms with Gasteiger partial charge in [0.2, 0.25) is 0 Å². The van der Waals surface area contributed by atoms with Crippen molar-refractivity contribution in [2.24, 2.45) is 0 Å². The summed E-state index contributed by atoms with van der Waals surface area (Å²) < 4.78 is 5.43. The van der Waals surface area contributed by atoms with Gasteiger partial charge < -0.3 is 4.74 Å². The molecular formula is C15H21NO2Si. The highest BCUT2D eigenvalue weighted by molar-refractivity contribution is 6.76. The Bertz CT molecular complexity index is 477. The average Bonchev–Trinajstić information content (AvgIpc) is 2.32. The Kier molecular flexibility index (Phi) is 4.10. The molecule has 0 atom stereocenters. The van der Waals surface area contributed by atoms with Crippen molar-refractivity contribution in [2.45, 2.75) is 32.2 Å². The van der Waals surface area contributed by atoms with Crippen LogP contribution >= 0.6 is 0 Å². The lowest BCUT2D eigenvalue weighted by Crippen LogP contribution is -2.36. The monoisotopic (exact) mass is 275 g/mol. The first kappa shape index (κ1) is 13.9. The van der Waals surface area contributed by atoms with E-state index in [1.807, 2.05) is 36.4 Å². The number of amides is 1. The molecule has 0 unspecified atom stereocenters. The Labute approximate surface area is 115 Å². The minimum absolute atomic E-state index is 0.223. The molecule has 1 amide bonds. The second-order valence-electron chi connectivity index (χ2n) is 6.14. The summed E-state index contributed by atoms with van der Waals surface area (Å²) >= 11 is 0. The van der Waals surface area contributed by atoms with Crippen LogP contribution in [0.1, 0.15) is 5.56 Å². The summed E-state index contributed by atoms with van der Waals surface area (Å²) in [5.41, 5.74) is 1.13. The van der Waals surface area contributed by atoms with Gasteiger partial charge in [0.1, 0.15) is 5.76 Å². The van der Waals surface area contributed by atoms with Crippen molar-refractivity contribution in [1.29, 1.82) is 0 Å². The molecule has 1 aromatic carbocycles. The Morgan fingerprint density at radius 3 is 2.47 bits per heavy atom. The fourth-order valence-corrected chi connectivity index (χ4v) is 3.33. The zero-order chi connectivity index (χ0) is 13.9. The molecule has 4 heteroatoms. The van der Waals surface area contributed by atoms with Gasteiger partial charge in [-0.3, -0.25) is 4.90 Å². The van der Waals surface area contributed by atoms with E-state index in [0.717, 1.165) is 17.4 Å². The first-order valence-corrected chi connectivity index (χ1v) is 10.3. The zero-order valence-electron chi connectivity index (χ0n) is 11.8. The highest BCUT2D eigenvalue weighted by Gasteiger charge is 2.25. The van der Waals surface area contributed by atoms with Crippen LogP contribution in [0.3, 0.4) is 0 Å². The number of allylic oxidation sites excluding steroid dienone is 1. The molecule has 19 heavy (non-hydrogen) atoms. The number of ether oxygens (including phenoxy) is 1. The van der Waals surface area contributed by atoms with E-state index in [-0.39, 0.29) is 6.09 Å². The van der Waals surface area contributed by atoms with Gasteiger partial charge in [0, 0.05) is 19.1 Å². The van der Waals surface area contributed by atoms with Gasteiger partial charge in [0.05, 0.1) is 8.07 Å². The van der Waals surface area contributed by atoms with Crippen LogP contribution in [-0.4, -0.2) is 25.6 Å². The number of rotatable bonds is 4. The fourth-order valence-electron chi connectivity index (χ4n) is 2.07. The topological polar surface area (TPSA) is 29.5 Å². The maximum atomic E-state index is 12.0. The minimum atomic E-state index is -1.23. The van der Waals surface area contributed by atoms with Crippen molar-refractivity contribution in [3.05, 3.63) is 47.7 Å². The molecule has 0 saturated carbocycles. The van der Waals surface area contributed by atoms with Gasteiger partial charge >= 0.3 is 6.09 Å². The van der Waals surface area contributed by atoms with E-state index in [2.05, 4.69) is 19.6 Å². The molecule has 1 heterocycles. The largest absolute Gasteiger partial charge is 0.415 e. The summed E-state index contributed by atoms with van der Waals surface area (Å²) in [6.07, 6.45) is 1.82. The second-order valence-corrected chi connectivity index (χ2v) is 11.6. The lowest BCUT2D eigenvalue weighted by Gasteiger charge is -2.28. The molecule has 1 aliphatic rings. The van der Waals surface area contributed by atoms with Crippen LogP contribution in [0.4, 0.5) is 4.79 Å². The van der Waals surface area contributed by atoms with Crippen molar-refractivity contribution in [3.8, 4) is 0 Å². The summed E-state index contributed by atoms with van der Waals surface area (Å²) in [6, 6.07) is 10.9. The van der Waals surface area contributed by atoms with Gasteiger partial charge in [0.15, 0.2) is 0 Å². The number of carbonyl (C=O) groups is 1. The first-order chi connectivity index (χ1) is 8.94. The third-order valence-electron chi connectivity index (χ3n) is 2.94. The van der Waals surface area contributed by atoms with Crippen LogP contribution in [0.5, 0.6) is 0 Å². The van der Waals surface area contributed by atoms with E-state index in [0.29, 0.717) is 13.1 Å². The molecule has 0 radical (unpaired) electrons. The Morgan fingerprint density at radius 2 is 1.89 bits per heavy atom. The van der Waals surface area contributed by atoms with Crippen LogP contribution < -0.4 is 0 Å². The molecule has 0 bridgehead atoms. The maximum Gasteiger partial charge on any atom is 0.415 e. The average molecular weight is 275 g/mol. The van der Waals surface area contributed by atoms with E-state index >= 15 is 0 Å². The summed E-state index contributed by atoms with van der Waals surface area (Å²) in [5.74, 6) is 0.855. The quantitative estimate of drug-likeness (QED) is 0.781. The molecule has 0 aliphatic carbocycles. The molecule has 0 spiro atoms. The van der Waals surface area contributed by atoms with Crippen molar-refractivity contribution >= 4 is 14.2 Å². The van der Waals surface area contributed by atoms with E-state index in [9.17, 15) is 4.79 Å². The highest BCUT2D eigenvalue weighted by atomic mass is 28.3. The number of hydrogen-bond acceptors (Lipinski definition) is 2. The Balaban J connectivity index is 1.98. The van der Waals surface area contributed by atoms with Crippen molar-refractivity contribution in [2.75, 3.05) is 6.54 Å². The molecular weight excluding hydrogens is 254 g/mol. The molecule has 0 fully saturated rings. The second kappa shape index (κ2) is 5.61. The summed E-state index contributed by atoms with van der Waals surface area (Å²) in [7, 11) is -1.23. The normalized spacial score (nSPS) is 16.1. The molecule has 3 nitrogen and oxygen atoms in total. The third-order valence-corrected chi connectivity index (χ3v) is 4.35. The van der Waals surface area contributed by atoms with Crippen LogP contribution in [-0.2, 0) is 11.3 Å². The number of cyclic esters (lactones) is 1. The molecule has 0 aromatic heterocycles. The van der Waals surface area contributed by atoms with Gasteiger partial charge in [-0.05, 0) is 11.6 Å². The summed E-state index contributed by atoms with van der Waals surface area (Å²) in [5, 5.41) is 0. The lowest BCUT2D eigenvalue weighted by atomic mass is 10.2. The number of benzene rings is 1. The predicted molar refractivity (Wildman–Crippen MR) is 79.6 cm³/mol. The lowest BCUT2D eigenvalue weighted by molar-refractivity contribution is 0.120. The van der Waals surface area contributed by atoms with Crippen LogP contribution in [0, 0.1) is 0 Å². The molecule has 0 N–H and O–H groups in total. The Hall–Kier alpha value is -1.55. The van der Waals surface area contributed by atoms with Gasteiger partial charge in [-0.25, -0.2) is 4.79 Å². The van der Waals surface area contributed by atoms with E-state index in [1.165, 1.54) is 0 Å². The van der Waals surface area contributed by atoms with Gasteiger partial charge in [-0.1, -0.05) is 50.0 Å². The molecule has 1 aromatic rings. The van der Waals surface area contributed by atoms with Crippen molar-refractivity contribution in [3.63, 3.8) is 0 Å². The van der Waals surface area contributed by atoms with Crippen LogP contribution in [0.25, 0.3) is 0 Å². The smallest absolute Gasteiger partial charge is 0.415 e. The van der Waals surface area contributed by atoms with E-state index in [1.54, 1.807) is 4.90 Å². The fraction of sp³-hybridized carbons (Fsp3) is 0.400. The van der Waals surface area contributed by atoms with Gasteiger partial charge in [-0.15, -0.1) is 0 Å². The predicted octanol–water partition coefficient (Wildman–Crippen LogP) is 3.86. The minimum Gasteiger partial charge on any atom is -0.415 e. The highest BCUT2D eigenvalue weighted by Crippen LogP contribution is 2.22. The molecule has 0 saturated heterocycles. The molecule has 2 rings (SSSR count). The van der Waals surface area contributed by atoms with Gasteiger partial charge in [-0.2, -0.15) is 0 Å². The Morgan fingerprint density at radius 1 is 1.21 bits per heavy atom. The maximum absolute atomic E-state index is 12.0. The van der Waals surface area contributed by atoms with Crippen molar-refractivity contribution in [1.82, 2.24) is 4.90 Å². The third kappa shape index (κ3) is 4.24. The first-order valence-electron chi connectivity index (χ1n) is 6.64. The summed E-state index contributed by atoms with van der Waals surface area (Å²) in [6.45, 7) is 8.08. The standard InChI is InChI=1S/C15H21NO2Si/c1-19(2,3)12-14-9-10-16(15(17)18-14)11-13-7-5-4-6-8-13/h4-9H,10-12H2,1-3H3. The molecule has 1 aliphatic heterocycles. The van der Waals surface area contributed by atoms with Gasteiger partial charge in [0.25, 0.3) is 0 Å². The zero-order valence-corrected chi connectivity index (χ0v) is 12.8. The van der Waals surface area contributed by atoms with Crippen molar-refractivity contribution < 1.29 is 9.53 Å².